The molecule has 4 rings (SSSR count). The molecule has 1 amide bonds. The second kappa shape index (κ2) is 7.76. The molecule has 1 aliphatic rings. The molecule has 3 aromatic rings. The molecular formula is C23H24N2O2S. The number of ether oxygens (including phenoxy) is 1. The van der Waals surface area contributed by atoms with E-state index in [0.717, 1.165) is 46.1 Å². The Morgan fingerprint density at radius 3 is 2.82 bits per heavy atom. The molecule has 4 nitrogen and oxygen atoms in total. The number of aryl methyl sites for hydroxylation is 2. The molecule has 1 aromatic heterocycles. The maximum Gasteiger partial charge on any atom is 0.268 e. The van der Waals surface area contributed by atoms with Crippen molar-refractivity contribution in [2.75, 3.05) is 4.90 Å². The van der Waals surface area contributed by atoms with Gasteiger partial charge in [0.25, 0.3) is 5.91 Å². The maximum absolute atomic E-state index is 12.9. The van der Waals surface area contributed by atoms with Gasteiger partial charge in [-0.3, -0.25) is 4.79 Å². The second-order valence-corrected chi connectivity index (χ2v) is 8.11. The lowest BCUT2D eigenvalue weighted by Crippen LogP contribution is -2.44. The lowest BCUT2D eigenvalue weighted by Gasteiger charge is -2.33. The Morgan fingerprint density at radius 1 is 1.21 bits per heavy atom. The highest BCUT2D eigenvalue weighted by atomic mass is 32.1. The molecule has 2 heterocycles. The zero-order valence-corrected chi connectivity index (χ0v) is 17.3. The first kappa shape index (κ1) is 18.7. The number of carbonyl (C=O) groups is 1. The minimum Gasteiger partial charge on any atom is -0.479 e. The fraction of sp³-hybridized carbons (Fsp3) is 0.304. The predicted molar refractivity (Wildman–Crippen MR) is 114 cm³/mol. The van der Waals surface area contributed by atoms with Crippen LogP contribution in [0.15, 0.2) is 47.8 Å². The van der Waals surface area contributed by atoms with Crippen molar-refractivity contribution in [1.82, 2.24) is 4.98 Å². The predicted octanol–water partition coefficient (Wildman–Crippen LogP) is 5.39. The monoisotopic (exact) mass is 392 g/mol. The highest BCUT2D eigenvalue weighted by molar-refractivity contribution is 7.09. The Labute approximate surface area is 169 Å². The van der Waals surface area contributed by atoms with Crippen molar-refractivity contribution in [1.29, 1.82) is 0 Å². The van der Waals surface area contributed by atoms with Gasteiger partial charge in [0.15, 0.2) is 6.10 Å². The Kier molecular flexibility index (Phi) is 5.18. The van der Waals surface area contributed by atoms with Gasteiger partial charge in [-0.25, -0.2) is 4.98 Å². The van der Waals surface area contributed by atoms with Gasteiger partial charge in [-0.05, 0) is 56.0 Å². The number of aromatic nitrogens is 1. The van der Waals surface area contributed by atoms with Gasteiger partial charge in [-0.15, -0.1) is 11.3 Å². The Bertz CT molecular complexity index is 1010. The van der Waals surface area contributed by atoms with E-state index in [9.17, 15) is 4.79 Å². The third-order valence-corrected chi connectivity index (χ3v) is 5.98. The summed E-state index contributed by atoms with van der Waals surface area (Å²) < 4.78 is 5.87. The highest BCUT2D eigenvalue weighted by Gasteiger charge is 2.32. The first-order valence-corrected chi connectivity index (χ1v) is 10.6. The van der Waals surface area contributed by atoms with Crippen LogP contribution in [-0.4, -0.2) is 17.0 Å². The quantitative estimate of drug-likeness (QED) is 0.585. The van der Waals surface area contributed by atoms with Crippen molar-refractivity contribution in [2.45, 2.75) is 46.3 Å². The molecular weight excluding hydrogens is 368 g/mol. The maximum atomic E-state index is 12.9. The standard InChI is InChI=1S/C23H24N2O2S/c1-4-7-22-24-19(14-28-22)17-10-11-21-20(12-17)25(23(26)16(3)27-21)13-18-9-6-5-8-15(18)2/h5-6,8-12,14,16H,4,7,13H2,1-3H3. The third kappa shape index (κ3) is 3.54. The van der Waals surface area contributed by atoms with Gasteiger partial charge in [0.1, 0.15) is 5.75 Å². The van der Waals surface area contributed by atoms with Gasteiger partial charge < -0.3 is 9.64 Å². The van der Waals surface area contributed by atoms with Crippen LogP contribution in [0.25, 0.3) is 11.3 Å². The molecule has 0 aliphatic carbocycles. The number of hydrogen-bond donors (Lipinski definition) is 0. The average Bonchev–Trinajstić information content (AvgIpc) is 3.15. The number of benzene rings is 2. The summed E-state index contributed by atoms with van der Waals surface area (Å²) in [6.07, 6.45) is 1.59. The van der Waals surface area contributed by atoms with Gasteiger partial charge in [-0.1, -0.05) is 31.2 Å². The molecule has 0 bridgehead atoms. The molecule has 1 atom stereocenters. The molecule has 5 heteroatoms. The van der Waals surface area contributed by atoms with Gasteiger partial charge >= 0.3 is 0 Å². The number of amides is 1. The van der Waals surface area contributed by atoms with E-state index in [2.05, 4.69) is 31.4 Å². The summed E-state index contributed by atoms with van der Waals surface area (Å²) in [5.41, 5.74) is 5.10. The number of thiazole rings is 1. The van der Waals surface area contributed by atoms with Crippen LogP contribution in [0, 0.1) is 6.92 Å². The van der Waals surface area contributed by atoms with E-state index in [1.807, 2.05) is 42.2 Å². The Morgan fingerprint density at radius 2 is 2.04 bits per heavy atom. The Balaban J connectivity index is 1.72. The number of hydrogen-bond acceptors (Lipinski definition) is 4. The van der Waals surface area contributed by atoms with Crippen LogP contribution >= 0.6 is 11.3 Å². The summed E-state index contributed by atoms with van der Waals surface area (Å²) in [7, 11) is 0. The van der Waals surface area contributed by atoms with Crippen molar-refractivity contribution in [3.05, 3.63) is 64.0 Å². The van der Waals surface area contributed by atoms with Gasteiger partial charge in [0, 0.05) is 10.9 Å². The van der Waals surface area contributed by atoms with E-state index in [1.54, 1.807) is 11.3 Å². The summed E-state index contributed by atoms with van der Waals surface area (Å²) >= 11 is 1.69. The van der Waals surface area contributed by atoms with E-state index in [0.29, 0.717) is 6.54 Å². The highest BCUT2D eigenvalue weighted by Crippen LogP contribution is 2.38. The molecule has 0 saturated carbocycles. The van der Waals surface area contributed by atoms with E-state index < -0.39 is 6.10 Å². The fourth-order valence-electron chi connectivity index (χ4n) is 3.46. The molecule has 0 radical (unpaired) electrons. The van der Waals surface area contributed by atoms with Crippen molar-refractivity contribution < 1.29 is 9.53 Å². The molecule has 144 valence electrons. The van der Waals surface area contributed by atoms with Crippen LogP contribution < -0.4 is 9.64 Å². The van der Waals surface area contributed by atoms with E-state index in [1.165, 1.54) is 5.56 Å². The summed E-state index contributed by atoms with van der Waals surface area (Å²) in [5, 5.41) is 3.24. The van der Waals surface area contributed by atoms with Crippen LogP contribution in [-0.2, 0) is 17.8 Å². The molecule has 1 unspecified atom stereocenters. The summed E-state index contributed by atoms with van der Waals surface area (Å²) in [6.45, 7) is 6.58. The lowest BCUT2D eigenvalue weighted by molar-refractivity contribution is -0.125. The number of rotatable bonds is 5. The molecule has 0 spiro atoms. The van der Waals surface area contributed by atoms with Crippen LogP contribution in [0.4, 0.5) is 5.69 Å². The zero-order valence-electron chi connectivity index (χ0n) is 16.4. The van der Waals surface area contributed by atoms with Crippen molar-refractivity contribution in [3.63, 3.8) is 0 Å². The fourth-order valence-corrected chi connectivity index (χ4v) is 4.37. The zero-order chi connectivity index (χ0) is 19.7. The largest absolute Gasteiger partial charge is 0.479 e. The van der Waals surface area contributed by atoms with E-state index >= 15 is 0 Å². The minimum absolute atomic E-state index is 0.0159. The van der Waals surface area contributed by atoms with Crippen molar-refractivity contribution >= 4 is 22.9 Å². The number of fused-ring (bicyclic) bond motifs is 1. The first-order chi connectivity index (χ1) is 13.6. The number of anilines is 1. The normalized spacial score (nSPS) is 16.0. The minimum atomic E-state index is -0.488. The molecule has 0 N–H and O–H groups in total. The topological polar surface area (TPSA) is 42.4 Å². The van der Waals surface area contributed by atoms with Crippen LogP contribution in [0.1, 0.15) is 36.4 Å². The number of nitrogens with zero attached hydrogens (tertiary/aromatic N) is 2. The summed E-state index contributed by atoms with van der Waals surface area (Å²) in [6, 6.07) is 14.2. The van der Waals surface area contributed by atoms with Crippen LogP contribution in [0.2, 0.25) is 0 Å². The van der Waals surface area contributed by atoms with Crippen LogP contribution in [0.3, 0.4) is 0 Å². The second-order valence-electron chi connectivity index (χ2n) is 7.17. The third-order valence-electron chi connectivity index (χ3n) is 5.07. The van der Waals surface area contributed by atoms with Crippen molar-refractivity contribution in [3.8, 4) is 17.0 Å². The number of carbonyl (C=O) groups excluding carboxylic acids is 1. The van der Waals surface area contributed by atoms with Crippen molar-refractivity contribution in [2.24, 2.45) is 0 Å². The van der Waals surface area contributed by atoms with Crippen LogP contribution in [0.5, 0.6) is 5.75 Å². The lowest BCUT2D eigenvalue weighted by atomic mass is 10.0. The SMILES string of the molecule is CCCc1nc(-c2ccc3c(c2)N(Cc2ccccc2C)C(=O)C(C)O3)cs1. The molecule has 2 aromatic carbocycles. The Hall–Kier alpha value is -2.66. The summed E-state index contributed by atoms with van der Waals surface area (Å²) in [5.74, 6) is 0.728. The smallest absolute Gasteiger partial charge is 0.268 e. The van der Waals surface area contributed by atoms with Gasteiger partial charge in [0.05, 0.1) is 22.9 Å². The average molecular weight is 393 g/mol. The van der Waals surface area contributed by atoms with E-state index in [4.69, 9.17) is 9.72 Å². The summed E-state index contributed by atoms with van der Waals surface area (Å²) in [4.78, 5) is 19.5. The van der Waals surface area contributed by atoms with E-state index in [-0.39, 0.29) is 5.91 Å². The molecule has 0 saturated heterocycles. The molecule has 28 heavy (non-hydrogen) atoms. The molecule has 1 aliphatic heterocycles. The molecule has 0 fully saturated rings. The van der Waals surface area contributed by atoms with Gasteiger partial charge in [-0.2, -0.15) is 0 Å². The first-order valence-electron chi connectivity index (χ1n) is 9.68. The van der Waals surface area contributed by atoms with Gasteiger partial charge in [0.2, 0.25) is 0 Å².